The molecule has 0 aliphatic rings. The van der Waals surface area contributed by atoms with Crippen molar-refractivity contribution < 1.29 is 4.39 Å². The summed E-state index contributed by atoms with van der Waals surface area (Å²) in [6.45, 7) is 0.268. The third kappa shape index (κ3) is 2.36. The second kappa shape index (κ2) is 4.57. The normalized spacial score (nSPS) is 10.4. The van der Waals surface area contributed by atoms with Crippen LogP contribution in [0.25, 0.3) is 0 Å². The first-order valence-corrected chi connectivity index (χ1v) is 5.42. The van der Waals surface area contributed by atoms with Crippen molar-refractivity contribution in [3.8, 4) is 0 Å². The molecule has 2 rings (SSSR count). The van der Waals surface area contributed by atoms with E-state index in [-0.39, 0.29) is 17.9 Å². The minimum Gasteiger partial charge on any atom is -0.268 e. The summed E-state index contributed by atoms with van der Waals surface area (Å²) >= 11 is 3.07. The van der Waals surface area contributed by atoms with Crippen LogP contribution in [-0.2, 0) is 6.54 Å². The maximum Gasteiger partial charge on any atom is 0.267 e. The molecule has 0 aliphatic heterocycles. The van der Waals surface area contributed by atoms with Gasteiger partial charge >= 0.3 is 0 Å². The van der Waals surface area contributed by atoms with Gasteiger partial charge in [0.25, 0.3) is 5.56 Å². The standard InChI is InChI=1S/C11H8BrFN2O/c12-9-4-3-8(6-10(9)13)7-15-11(16)2-1-5-14-15/h1-6H,7H2. The zero-order valence-electron chi connectivity index (χ0n) is 8.23. The van der Waals surface area contributed by atoms with Crippen molar-refractivity contribution in [3.05, 3.63) is 62.7 Å². The Bertz CT molecular complexity index is 568. The second-order valence-corrected chi connectivity index (χ2v) is 4.12. The Labute approximate surface area is 99.7 Å². The highest BCUT2D eigenvalue weighted by Crippen LogP contribution is 2.16. The molecule has 0 amide bonds. The van der Waals surface area contributed by atoms with E-state index in [4.69, 9.17) is 0 Å². The third-order valence-corrected chi connectivity index (χ3v) is 2.74. The Balaban J connectivity index is 2.31. The van der Waals surface area contributed by atoms with Crippen molar-refractivity contribution in [1.82, 2.24) is 9.78 Å². The van der Waals surface area contributed by atoms with Crippen LogP contribution in [-0.4, -0.2) is 9.78 Å². The largest absolute Gasteiger partial charge is 0.268 e. The van der Waals surface area contributed by atoms with E-state index in [0.29, 0.717) is 10.0 Å². The highest BCUT2D eigenvalue weighted by atomic mass is 79.9. The van der Waals surface area contributed by atoms with Gasteiger partial charge in [-0.15, -0.1) is 0 Å². The quantitative estimate of drug-likeness (QED) is 0.846. The number of nitrogens with zero attached hydrogens (tertiary/aromatic N) is 2. The SMILES string of the molecule is O=c1cccnn1Cc1ccc(Br)c(F)c1. The van der Waals surface area contributed by atoms with Gasteiger partial charge in [0.1, 0.15) is 5.82 Å². The molecular weight excluding hydrogens is 275 g/mol. The molecule has 5 heteroatoms. The molecule has 2 aromatic rings. The van der Waals surface area contributed by atoms with Gasteiger partial charge in [0, 0.05) is 12.3 Å². The minimum absolute atomic E-state index is 0.203. The maximum absolute atomic E-state index is 13.2. The van der Waals surface area contributed by atoms with E-state index in [9.17, 15) is 9.18 Å². The highest BCUT2D eigenvalue weighted by Gasteiger charge is 2.02. The van der Waals surface area contributed by atoms with Gasteiger partial charge in [-0.2, -0.15) is 5.10 Å². The van der Waals surface area contributed by atoms with Gasteiger partial charge in [-0.05, 0) is 39.7 Å². The first kappa shape index (κ1) is 11.0. The molecule has 1 aromatic heterocycles. The van der Waals surface area contributed by atoms with Gasteiger partial charge < -0.3 is 0 Å². The van der Waals surface area contributed by atoms with Crippen molar-refractivity contribution in [2.75, 3.05) is 0 Å². The predicted molar refractivity (Wildman–Crippen MR) is 61.7 cm³/mol. The lowest BCUT2D eigenvalue weighted by Gasteiger charge is -2.04. The van der Waals surface area contributed by atoms with Gasteiger partial charge in [0.2, 0.25) is 0 Å². The minimum atomic E-state index is -0.346. The fraction of sp³-hybridized carbons (Fsp3) is 0.0909. The zero-order chi connectivity index (χ0) is 11.5. The van der Waals surface area contributed by atoms with Gasteiger partial charge in [0.15, 0.2) is 0 Å². The third-order valence-electron chi connectivity index (χ3n) is 2.10. The smallest absolute Gasteiger partial charge is 0.267 e. The van der Waals surface area contributed by atoms with E-state index in [1.54, 1.807) is 18.2 Å². The number of halogens is 2. The molecule has 0 unspecified atom stereocenters. The molecule has 0 saturated heterocycles. The lowest BCUT2D eigenvalue weighted by Crippen LogP contribution is -2.21. The monoisotopic (exact) mass is 282 g/mol. The van der Waals surface area contributed by atoms with E-state index in [1.165, 1.54) is 23.0 Å². The Kier molecular flexibility index (Phi) is 3.14. The van der Waals surface area contributed by atoms with Crippen LogP contribution in [0.5, 0.6) is 0 Å². The maximum atomic E-state index is 13.2. The summed E-state index contributed by atoms with van der Waals surface area (Å²) in [6, 6.07) is 7.72. The van der Waals surface area contributed by atoms with E-state index < -0.39 is 0 Å². The van der Waals surface area contributed by atoms with E-state index in [2.05, 4.69) is 21.0 Å². The van der Waals surface area contributed by atoms with E-state index in [0.717, 1.165) is 0 Å². The van der Waals surface area contributed by atoms with Crippen LogP contribution in [0.3, 0.4) is 0 Å². The van der Waals surface area contributed by atoms with Gasteiger partial charge in [-0.25, -0.2) is 9.07 Å². The van der Waals surface area contributed by atoms with Crippen LogP contribution in [0, 0.1) is 5.82 Å². The van der Waals surface area contributed by atoms with E-state index >= 15 is 0 Å². The van der Waals surface area contributed by atoms with Crippen LogP contribution in [0.1, 0.15) is 5.56 Å². The van der Waals surface area contributed by atoms with Crippen LogP contribution < -0.4 is 5.56 Å². The van der Waals surface area contributed by atoms with Gasteiger partial charge in [-0.3, -0.25) is 4.79 Å². The lowest BCUT2D eigenvalue weighted by atomic mass is 10.2. The average Bonchev–Trinajstić information content (AvgIpc) is 2.27. The van der Waals surface area contributed by atoms with Crippen LogP contribution in [0.15, 0.2) is 45.8 Å². The summed E-state index contributed by atoms with van der Waals surface area (Å²) in [5.74, 6) is -0.346. The summed E-state index contributed by atoms with van der Waals surface area (Å²) in [5.41, 5.74) is 0.493. The Morgan fingerprint density at radius 2 is 2.19 bits per heavy atom. The van der Waals surface area contributed by atoms with Crippen molar-refractivity contribution in [2.24, 2.45) is 0 Å². The number of aromatic nitrogens is 2. The number of hydrogen-bond acceptors (Lipinski definition) is 2. The first-order valence-electron chi connectivity index (χ1n) is 4.63. The molecule has 3 nitrogen and oxygen atoms in total. The first-order chi connectivity index (χ1) is 7.66. The zero-order valence-corrected chi connectivity index (χ0v) is 9.82. The Hall–Kier alpha value is -1.49. The van der Waals surface area contributed by atoms with Crippen molar-refractivity contribution >= 4 is 15.9 Å². The summed E-state index contributed by atoms with van der Waals surface area (Å²) in [6.07, 6.45) is 1.52. The molecule has 0 aliphatic carbocycles. The molecule has 16 heavy (non-hydrogen) atoms. The second-order valence-electron chi connectivity index (χ2n) is 3.27. The summed E-state index contributed by atoms with van der Waals surface area (Å²) in [5, 5.41) is 3.90. The van der Waals surface area contributed by atoms with Gasteiger partial charge in [0.05, 0.1) is 11.0 Å². The number of benzene rings is 1. The lowest BCUT2D eigenvalue weighted by molar-refractivity contribution is 0.605. The molecule has 0 bridgehead atoms. The summed E-state index contributed by atoms with van der Waals surface area (Å²) in [4.78, 5) is 11.4. The van der Waals surface area contributed by atoms with Crippen LogP contribution >= 0.6 is 15.9 Å². The Morgan fingerprint density at radius 1 is 1.38 bits per heavy atom. The Morgan fingerprint density at radius 3 is 2.88 bits per heavy atom. The predicted octanol–water partition coefficient (Wildman–Crippen LogP) is 2.19. The summed E-state index contributed by atoms with van der Waals surface area (Å²) in [7, 11) is 0. The van der Waals surface area contributed by atoms with Crippen molar-refractivity contribution in [2.45, 2.75) is 6.54 Å². The topological polar surface area (TPSA) is 34.9 Å². The molecule has 1 heterocycles. The molecule has 0 saturated carbocycles. The molecule has 0 fully saturated rings. The molecule has 1 aromatic carbocycles. The highest BCUT2D eigenvalue weighted by molar-refractivity contribution is 9.10. The number of hydrogen-bond donors (Lipinski definition) is 0. The molecule has 0 atom stereocenters. The van der Waals surface area contributed by atoms with Gasteiger partial charge in [-0.1, -0.05) is 6.07 Å². The fourth-order valence-corrected chi connectivity index (χ4v) is 1.56. The van der Waals surface area contributed by atoms with Crippen LogP contribution in [0.4, 0.5) is 4.39 Å². The van der Waals surface area contributed by atoms with Crippen molar-refractivity contribution in [3.63, 3.8) is 0 Å². The molecule has 82 valence electrons. The molecular formula is C11H8BrFN2O. The fourth-order valence-electron chi connectivity index (χ4n) is 1.32. The van der Waals surface area contributed by atoms with Crippen LogP contribution in [0.2, 0.25) is 0 Å². The summed E-state index contributed by atoms with van der Waals surface area (Å²) < 4.78 is 14.9. The molecule has 0 N–H and O–H groups in total. The average molecular weight is 283 g/mol. The molecule has 0 radical (unpaired) electrons. The molecule has 0 spiro atoms. The number of rotatable bonds is 2. The van der Waals surface area contributed by atoms with Crippen molar-refractivity contribution in [1.29, 1.82) is 0 Å². The van der Waals surface area contributed by atoms with E-state index in [1.807, 2.05) is 0 Å².